The van der Waals surface area contributed by atoms with Gasteiger partial charge >= 0.3 is 12.0 Å². The summed E-state index contributed by atoms with van der Waals surface area (Å²) in [5, 5.41) is 4.55. The molecule has 8 heteroatoms. The van der Waals surface area contributed by atoms with Gasteiger partial charge in [-0.25, -0.2) is 9.59 Å². The molecular weight excluding hydrogens is 326 g/mol. The van der Waals surface area contributed by atoms with Gasteiger partial charge in [-0.2, -0.15) is 0 Å². The van der Waals surface area contributed by atoms with Gasteiger partial charge in [-0.3, -0.25) is 14.9 Å². The van der Waals surface area contributed by atoms with E-state index in [2.05, 4.69) is 10.6 Å². The third-order valence-electron chi connectivity index (χ3n) is 3.47. The third-order valence-corrected chi connectivity index (χ3v) is 3.47. The lowest BCUT2D eigenvalue weighted by Crippen LogP contribution is -2.44. The largest absolute Gasteiger partial charge is 0.452 e. The molecule has 2 rings (SSSR count). The van der Waals surface area contributed by atoms with Crippen LogP contribution >= 0.6 is 0 Å². The fourth-order valence-electron chi connectivity index (χ4n) is 2.40. The topological polar surface area (TPSA) is 105 Å². The first-order valence-corrected chi connectivity index (χ1v) is 8.04. The molecule has 1 fully saturated rings. The van der Waals surface area contributed by atoms with Gasteiger partial charge in [-0.1, -0.05) is 6.07 Å². The van der Waals surface area contributed by atoms with E-state index in [0.29, 0.717) is 18.7 Å². The number of amides is 4. The lowest BCUT2D eigenvalue weighted by atomic mass is 10.2. The van der Waals surface area contributed by atoms with Crippen LogP contribution < -0.4 is 15.5 Å². The minimum atomic E-state index is -0.725. The number of nitrogens with one attached hydrogen (secondary N) is 2. The number of hydrogen-bond donors (Lipinski definition) is 2. The third kappa shape index (κ3) is 5.30. The van der Waals surface area contributed by atoms with E-state index in [1.807, 2.05) is 0 Å². The Kier molecular flexibility index (Phi) is 6.10. The number of imide groups is 1. The summed E-state index contributed by atoms with van der Waals surface area (Å²) in [6.45, 7) is 3.55. The zero-order valence-electron chi connectivity index (χ0n) is 14.2. The Balaban J connectivity index is 1.89. The molecule has 0 radical (unpaired) electrons. The molecule has 0 saturated carbocycles. The lowest BCUT2D eigenvalue weighted by molar-refractivity contribution is -0.123. The number of ether oxygens (including phenoxy) is 1. The minimum absolute atomic E-state index is 0.0149. The van der Waals surface area contributed by atoms with Crippen LogP contribution in [0.4, 0.5) is 10.5 Å². The van der Waals surface area contributed by atoms with Gasteiger partial charge in [0.05, 0.1) is 5.56 Å². The minimum Gasteiger partial charge on any atom is -0.452 e. The van der Waals surface area contributed by atoms with Gasteiger partial charge in [0.2, 0.25) is 5.91 Å². The average Bonchev–Trinajstić information content (AvgIpc) is 2.98. The van der Waals surface area contributed by atoms with Crippen molar-refractivity contribution >= 4 is 29.5 Å². The van der Waals surface area contributed by atoms with Crippen molar-refractivity contribution in [3.63, 3.8) is 0 Å². The second-order valence-corrected chi connectivity index (χ2v) is 5.95. The Morgan fingerprint density at radius 2 is 2.04 bits per heavy atom. The Bertz CT molecular complexity index is 687. The first-order chi connectivity index (χ1) is 11.9. The van der Waals surface area contributed by atoms with Crippen molar-refractivity contribution < 1.29 is 23.9 Å². The van der Waals surface area contributed by atoms with Crippen LogP contribution in [-0.2, 0) is 14.3 Å². The van der Waals surface area contributed by atoms with E-state index in [4.69, 9.17) is 4.74 Å². The van der Waals surface area contributed by atoms with Crippen molar-refractivity contribution in [2.45, 2.75) is 32.7 Å². The number of urea groups is 1. The van der Waals surface area contributed by atoms with Gasteiger partial charge in [0, 0.05) is 24.7 Å². The van der Waals surface area contributed by atoms with Crippen molar-refractivity contribution in [2.24, 2.45) is 0 Å². The first kappa shape index (κ1) is 18.4. The molecule has 4 amide bonds. The summed E-state index contributed by atoms with van der Waals surface area (Å²) < 4.78 is 4.91. The van der Waals surface area contributed by atoms with Crippen molar-refractivity contribution in [1.29, 1.82) is 0 Å². The number of carbonyl (C=O) groups excluding carboxylic acids is 4. The second kappa shape index (κ2) is 8.27. The number of benzene rings is 1. The second-order valence-electron chi connectivity index (χ2n) is 5.95. The smallest absolute Gasteiger partial charge is 0.338 e. The molecule has 25 heavy (non-hydrogen) atoms. The predicted molar refractivity (Wildman–Crippen MR) is 90.1 cm³/mol. The van der Waals surface area contributed by atoms with Crippen LogP contribution in [0.25, 0.3) is 0 Å². The molecule has 1 aromatic rings. The Morgan fingerprint density at radius 1 is 1.28 bits per heavy atom. The molecule has 2 N–H and O–H groups in total. The van der Waals surface area contributed by atoms with E-state index in [-0.39, 0.29) is 17.5 Å². The molecule has 0 aromatic heterocycles. The zero-order chi connectivity index (χ0) is 18.4. The average molecular weight is 347 g/mol. The molecule has 1 aliphatic heterocycles. The van der Waals surface area contributed by atoms with Crippen LogP contribution in [0.1, 0.15) is 37.0 Å². The zero-order valence-corrected chi connectivity index (χ0v) is 14.2. The van der Waals surface area contributed by atoms with E-state index in [1.54, 1.807) is 36.9 Å². The monoisotopic (exact) mass is 347 g/mol. The molecule has 8 nitrogen and oxygen atoms in total. The maximum Gasteiger partial charge on any atom is 0.338 e. The van der Waals surface area contributed by atoms with Crippen molar-refractivity contribution in [3.8, 4) is 0 Å². The van der Waals surface area contributed by atoms with Crippen molar-refractivity contribution in [2.75, 3.05) is 18.1 Å². The SMILES string of the molecule is CC(C)NC(=O)NC(=O)COC(=O)c1cccc(N2CCCC2=O)c1. The standard InChI is InChI=1S/C17H21N3O5/c1-11(2)18-17(24)19-14(21)10-25-16(23)12-5-3-6-13(9-12)20-8-4-7-15(20)22/h3,5-6,9,11H,4,7-8,10H2,1-2H3,(H2,18,19,21,24). The van der Waals surface area contributed by atoms with Gasteiger partial charge < -0.3 is 15.0 Å². The van der Waals surface area contributed by atoms with E-state index in [0.717, 1.165) is 6.42 Å². The summed E-state index contributed by atoms with van der Waals surface area (Å²) in [6.07, 6.45) is 1.28. The van der Waals surface area contributed by atoms with Crippen LogP contribution in [0, 0.1) is 0 Å². The lowest BCUT2D eigenvalue weighted by Gasteiger charge is -2.16. The molecule has 0 unspecified atom stereocenters. The van der Waals surface area contributed by atoms with Gasteiger partial charge in [0.1, 0.15) is 0 Å². The molecule has 1 saturated heterocycles. The summed E-state index contributed by atoms with van der Waals surface area (Å²) in [6, 6.07) is 5.71. The van der Waals surface area contributed by atoms with Crippen LogP contribution in [-0.4, -0.2) is 43.0 Å². The highest BCUT2D eigenvalue weighted by atomic mass is 16.5. The Morgan fingerprint density at radius 3 is 2.68 bits per heavy atom. The first-order valence-electron chi connectivity index (χ1n) is 8.04. The predicted octanol–water partition coefficient (Wildman–Crippen LogP) is 1.20. The number of esters is 1. The fourth-order valence-corrected chi connectivity index (χ4v) is 2.40. The van der Waals surface area contributed by atoms with Crippen LogP contribution in [0.3, 0.4) is 0 Å². The highest BCUT2D eigenvalue weighted by Crippen LogP contribution is 2.22. The van der Waals surface area contributed by atoms with Gasteiger partial charge in [0.25, 0.3) is 5.91 Å². The summed E-state index contributed by atoms with van der Waals surface area (Å²) in [7, 11) is 0. The van der Waals surface area contributed by atoms with Crippen LogP contribution in [0.5, 0.6) is 0 Å². The molecule has 0 bridgehead atoms. The molecule has 134 valence electrons. The molecule has 0 spiro atoms. The Hall–Kier alpha value is -2.90. The Labute approximate surface area is 145 Å². The van der Waals surface area contributed by atoms with Gasteiger partial charge in [0.15, 0.2) is 6.61 Å². The summed E-state index contributed by atoms with van der Waals surface area (Å²) in [5.41, 5.74) is 0.856. The van der Waals surface area contributed by atoms with E-state index >= 15 is 0 Å². The van der Waals surface area contributed by atoms with Gasteiger partial charge in [-0.05, 0) is 38.5 Å². The number of hydrogen-bond acceptors (Lipinski definition) is 5. The summed E-state index contributed by atoms with van der Waals surface area (Å²) in [5.74, 6) is -1.41. The van der Waals surface area contributed by atoms with Gasteiger partial charge in [-0.15, -0.1) is 0 Å². The molecule has 0 atom stereocenters. The molecule has 1 aliphatic rings. The normalized spacial score (nSPS) is 13.7. The molecular formula is C17H21N3O5. The maximum atomic E-state index is 12.1. The fraction of sp³-hybridized carbons (Fsp3) is 0.412. The van der Waals surface area contributed by atoms with Crippen LogP contribution in [0.15, 0.2) is 24.3 Å². The highest BCUT2D eigenvalue weighted by Gasteiger charge is 2.22. The summed E-state index contributed by atoms with van der Waals surface area (Å²) >= 11 is 0. The maximum absolute atomic E-state index is 12.1. The van der Waals surface area contributed by atoms with Crippen LogP contribution in [0.2, 0.25) is 0 Å². The quantitative estimate of drug-likeness (QED) is 0.779. The van der Waals surface area contributed by atoms with E-state index in [1.165, 1.54) is 6.07 Å². The molecule has 1 aromatic carbocycles. The van der Waals surface area contributed by atoms with Crippen molar-refractivity contribution in [1.82, 2.24) is 10.6 Å². The number of carbonyl (C=O) groups is 4. The van der Waals surface area contributed by atoms with E-state index < -0.39 is 24.5 Å². The number of rotatable bonds is 5. The summed E-state index contributed by atoms with van der Waals surface area (Å²) in [4.78, 5) is 48.4. The molecule has 0 aliphatic carbocycles. The molecule has 1 heterocycles. The number of nitrogens with zero attached hydrogens (tertiary/aromatic N) is 1. The number of anilines is 1. The van der Waals surface area contributed by atoms with E-state index in [9.17, 15) is 19.2 Å². The van der Waals surface area contributed by atoms with Crippen molar-refractivity contribution in [3.05, 3.63) is 29.8 Å². The highest BCUT2D eigenvalue weighted by molar-refractivity contribution is 5.99.